The molecular weight excluding hydrogens is 222 g/mol. The van der Waals surface area contributed by atoms with Crippen LogP contribution in [0.4, 0.5) is 0 Å². The molecule has 0 radical (unpaired) electrons. The van der Waals surface area contributed by atoms with E-state index in [-0.39, 0.29) is 11.3 Å². The molecule has 1 rings (SSSR count). The van der Waals surface area contributed by atoms with Gasteiger partial charge in [-0.15, -0.1) is 0 Å². The van der Waals surface area contributed by atoms with E-state index in [4.69, 9.17) is 0 Å². The monoisotopic (exact) mass is 247 g/mol. The minimum atomic E-state index is -2.84. The maximum atomic E-state index is 12.0. The molecule has 3 nitrogen and oxygen atoms in total. The van der Waals surface area contributed by atoms with E-state index in [0.29, 0.717) is 5.75 Å². The summed E-state index contributed by atoms with van der Waals surface area (Å²) in [5.41, 5.74) is 0. The van der Waals surface area contributed by atoms with Crippen LogP contribution in [0.1, 0.15) is 52.4 Å². The highest BCUT2D eigenvalue weighted by Gasteiger charge is 2.34. The Kier molecular flexibility index (Phi) is 5.76. The summed E-state index contributed by atoms with van der Waals surface area (Å²) in [6.45, 7) is 5.16. The van der Waals surface area contributed by atoms with Crippen LogP contribution in [-0.4, -0.2) is 32.0 Å². The van der Waals surface area contributed by atoms with Crippen molar-refractivity contribution in [2.75, 3.05) is 12.3 Å². The van der Waals surface area contributed by atoms with Gasteiger partial charge >= 0.3 is 0 Å². The van der Waals surface area contributed by atoms with Gasteiger partial charge in [-0.1, -0.05) is 26.7 Å². The first-order valence-corrected chi connectivity index (χ1v) is 8.28. The maximum absolute atomic E-state index is 12.0. The van der Waals surface area contributed by atoms with Crippen molar-refractivity contribution in [3.05, 3.63) is 0 Å². The standard InChI is InChI=1S/C12H25NO2S/c1-3-7-11(13-9-4-2)12-8-5-6-10-16(12,14)15/h11-13H,3-10H2,1-2H3. The average Bonchev–Trinajstić information content (AvgIpc) is 2.24. The molecular formula is C12H25NO2S. The topological polar surface area (TPSA) is 46.2 Å². The zero-order chi connectivity index (χ0) is 12.0. The van der Waals surface area contributed by atoms with Gasteiger partial charge in [0.1, 0.15) is 0 Å². The van der Waals surface area contributed by atoms with Gasteiger partial charge in [-0.25, -0.2) is 8.42 Å². The smallest absolute Gasteiger partial charge is 0.154 e. The van der Waals surface area contributed by atoms with Crippen molar-refractivity contribution in [3.63, 3.8) is 0 Å². The predicted octanol–water partition coefficient (Wildman–Crippen LogP) is 2.12. The molecule has 2 unspecified atom stereocenters. The number of hydrogen-bond acceptors (Lipinski definition) is 3. The van der Waals surface area contributed by atoms with Gasteiger partial charge in [0.25, 0.3) is 0 Å². The summed E-state index contributed by atoms with van der Waals surface area (Å²) in [6.07, 6.45) is 5.86. The van der Waals surface area contributed by atoms with Crippen LogP contribution in [-0.2, 0) is 9.84 Å². The van der Waals surface area contributed by atoms with Crippen molar-refractivity contribution in [1.82, 2.24) is 5.32 Å². The molecule has 0 amide bonds. The molecule has 16 heavy (non-hydrogen) atoms. The molecule has 1 fully saturated rings. The summed E-state index contributed by atoms with van der Waals surface area (Å²) < 4.78 is 24.0. The lowest BCUT2D eigenvalue weighted by Gasteiger charge is -2.30. The van der Waals surface area contributed by atoms with Crippen LogP contribution in [0, 0.1) is 0 Å². The third-order valence-electron chi connectivity index (χ3n) is 3.33. The highest BCUT2D eigenvalue weighted by Crippen LogP contribution is 2.24. The summed E-state index contributed by atoms with van der Waals surface area (Å²) in [7, 11) is -2.84. The summed E-state index contributed by atoms with van der Waals surface area (Å²) in [5, 5.41) is 3.28. The van der Waals surface area contributed by atoms with Crippen LogP contribution in [0.15, 0.2) is 0 Å². The Morgan fingerprint density at radius 1 is 1.25 bits per heavy atom. The molecule has 0 aliphatic carbocycles. The third kappa shape index (κ3) is 3.74. The van der Waals surface area contributed by atoms with Crippen molar-refractivity contribution in [2.24, 2.45) is 0 Å². The minimum absolute atomic E-state index is 0.132. The molecule has 96 valence electrons. The van der Waals surface area contributed by atoms with E-state index in [1.807, 2.05) is 0 Å². The van der Waals surface area contributed by atoms with Crippen molar-refractivity contribution in [1.29, 1.82) is 0 Å². The van der Waals surface area contributed by atoms with E-state index in [9.17, 15) is 8.42 Å². The lowest BCUT2D eigenvalue weighted by molar-refractivity contribution is 0.414. The lowest BCUT2D eigenvalue weighted by Crippen LogP contribution is -2.46. The molecule has 4 heteroatoms. The van der Waals surface area contributed by atoms with E-state index in [1.165, 1.54) is 0 Å². The van der Waals surface area contributed by atoms with E-state index < -0.39 is 9.84 Å². The average molecular weight is 247 g/mol. The Morgan fingerprint density at radius 3 is 2.56 bits per heavy atom. The summed E-state index contributed by atoms with van der Waals surface area (Å²) >= 11 is 0. The van der Waals surface area contributed by atoms with Crippen LogP contribution < -0.4 is 5.32 Å². The summed E-state index contributed by atoms with van der Waals surface area (Å²) in [5.74, 6) is 0.395. The SMILES string of the molecule is CCCNC(CCC)C1CCCCS1(=O)=O. The molecule has 0 spiro atoms. The first kappa shape index (κ1) is 14.0. The fourth-order valence-electron chi connectivity index (χ4n) is 2.49. The van der Waals surface area contributed by atoms with Crippen molar-refractivity contribution >= 4 is 9.84 Å². The zero-order valence-corrected chi connectivity index (χ0v) is 11.4. The Morgan fingerprint density at radius 2 is 2.00 bits per heavy atom. The van der Waals surface area contributed by atoms with Crippen LogP contribution in [0.3, 0.4) is 0 Å². The fourth-order valence-corrected chi connectivity index (χ4v) is 4.66. The van der Waals surface area contributed by atoms with Gasteiger partial charge in [-0.2, -0.15) is 0 Å². The van der Waals surface area contributed by atoms with E-state index in [0.717, 1.165) is 45.1 Å². The summed E-state index contributed by atoms with van der Waals surface area (Å²) in [4.78, 5) is 0. The number of hydrogen-bond donors (Lipinski definition) is 1. The molecule has 1 N–H and O–H groups in total. The van der Waals surface area contributed by atoms with Crippen LogP contribution in [0.5, 0.6) is 0 Å². The Balaban J connectivity index is 2.67. The number of sulfone groups is 1. The molecule has 1 heterocycles. The second kappa shape index (κ2) is 6.60. The number of nitrogens with one attached hydrogen (secondary N) is 1. The zero-order valence-electron chi connectivity index (χ0n) is 10.5. The molecule has 1 aliphatic rings. The molecule has 0 saturated carbocycles. The third-order valence-corrected chi connectivity index (χ3v) is 5.68. The van der Waals surface area contributed by atoms with Crippen LogP contribution >= 0.6 is 0 Å². The largest absolute Gasteiger partial charge is 0.313 e. The quantitative estimate of drug-likeness (QED) is 0.782. The molecule has 1 aliphatic heterocycles. The van der Waals surface area contributed by atoms with Gasteiger partial charge in [0, 0.05) is 6.04 Å². The van der Waals surface area contributed by atoms with Crippen LogP contribution in [0.25, 0.3) is 0 Å². The number of rotatable bonds is 6. The summed E-state index contributed by atoms with van der Waals surface area (Å²) in [6, 6.07) is 0.176. The second-order valence-corrected chi connectivity index (χ2v) is 7.09. The van der Waals surface area contributed by atoms with Crippen molar-refractivity contribution in [2.45, 2.75) is 63.7 Å². The first-order chi connectivity index (χ1) is 7.61. The highest BCUT2D eigenvalue weighted by molar-refractivity contribution is 7.92. The Bertz CT molecular complexity index is 287. The molecule has 2 atom stereocenters. The maximum Gasteiger partial charge on any atom is 0.154 e. The van der Waals surface area contributed by atoms with Gasteiger partial charge in [0.05, 0.1) is 11.0 Å². The van der Waals surface area contributed by atoms with Crippen molar-refractivity contribution < 1.29 is 8.42 Å². The van der Waals surface area contributed by atoms with E-state index in [1.54, 1.807) is 0 Å². The lowest BCUT2D eigenvalue weighted by atomic mass is 10.0. The molecule has 0 aromatic carbocycles. The normalized spacial score (nSPS) is 26.5. The highest BCUT2D eigenvalue weighted by atomic mass is 32.2. The van der Waals surface area contributed by atoms with Gasteiger partial charge in [0.2, 0.25) is 0 Å². The minimum Gasteiger partial charge on any atom is -0.313 e. The Labute approximate surface area is 99.9 Å². The van der Waals surface area contributed by atoms with Gasteiger partial charge < -0.3 is 5.32 Å². The predicted molar refractivity (Wildman–Crippen MR) is 68.4 cm³/mol. The van der Waals surface area contributed by atoms with Gasteiger partial charge in [0.15, 0.2) is 9.84 Å². The molecule has 0 aromatic rings. The van der Waals surface area contributed by atoms with Crippen molar-refractivity contribution in [3.8, 4) is 0 Å². The van der Waals surface area contributed by atoms with Crippen LogP contribution in [0.2, 0.25) is 0 Å². The second-order valence-electron chi connectivity index (χ2n) is 4.75. The molecule has 0 bridgehead atoms. The van der Waals surface area contributed by atoms with E-state index >= 15 is 0 Å². The van der Waals surface area contributed by atoms with Gasteiger partial charge in [-0.3, -0.25) is 0 Å². The molecule has 0 aromatic heterocycles. The molecule has 1 saturated heterocycles. The first-order valence-electron chi connectivity index (χ1n) is 6.56. The Hall–Kier alpha value is -0.0900. The van der Waals surface area contributed by atoms with Gasteiger partial charge in [-0.05, 0) is 32.2 Å². The van der Waals surface area contributed by atoms with E-state index in [2.05, 4.69) is 19.2 Å². The fraction of sp³-hybridized carbons (Fsp3) is 1.00.